The van der Waals surface area contributed by atoms with E-state index in [1.54, 1.807) is 13.1 Å². The SMILES string of the molecule is Cn1nnc(CC(=O)c2ccoc2Br)n1. The van der Waals surface area contributed by atoms with Crippen LogP contribution in [0.1, 0.15) is 16.2 Å². The van der Waals surface area contributed by atoms with Crippen molar-refractivity contribution < 1.29 is 9.21 Å². The molecule has 6 nitrogen and oxygen atoms in total. The average Bonchev–Trinajstić information content (AvgIpc) is 2.75. The third-order valence-corrected chi connectivity index (χ3v) is 2.40. The molecule has 2 aromatic rings. The molecule has 7 heteroatoms. The van der Waals surface area contributed by atoms with Crippen LogP contribution in [-0.4, -0.2) is 26.0 Å². The van der Waals surface area contributed by atoms with Crippen LogP contribution in [0.2, 0.25) is 0 Å². The Labute approximate surface area is 93.4 Å². The molecule has 0 aliphatic carbocycles. The maximum atomic E-state index is 11.7. The second-order valence-electron chi connectivity index (χ2n) is 2.90. The second-order valence-corrected chi connectivity index (χ2v) is 3.62. The zero-order chi connectivity index (χ0) is 10.8. The lowest BCUT2D eigenvalue weighted by atomic mass is 10.1. The minimum absolute atomic E-state index is 0.108. The van der Waals surface area contributed by atoms with Gasteiger partial charge in [-0.15, -0.1) is 10.2 Å². The topological polar surface area (TPSA) is 73.8 Å². The van der Waals surface area contributed by atoms with Crippen molar-refractivity contribution in [2.24, 2.45) is 7.05 Å². The molecule has 0 atom stereocenters. The Kier molecular flexibility index (Phi) is 2.63. The Morgan fingerprint density at radius 3 is 3.00 bits per heavy atom. The molecule has 0 saturated heterocycles. The van der Waals surface area contributed by atoms with Crippen LogP contribution in [0.5, 0.6) is 0 Å². The summed E-state index contributed by atoms with van der Waals surface area (Å²) in [6.07, 6.45) is 1.56. The fraction of sp³-hybridized carbons (Fsp3) is 0.250. The molecule has 0 N–H and O–H groups in total. The number of nitrogens with zero attached hydrogens (tertiary/aromatic N) is 4. The molecule has 2 rings (SSSR count). The van der Waals surface area contributed by atoms with Crippen LogP contribution in [0, 0.1) is 0 Å². The first-order chi connectivity index (χ1) is 7.16. The first-order valence-corrected chi connectivity index (χ1v) is 4.95. The summed E-state index contributed by atoms with van der Waals surface area (Å²) in [5.74, 6) is 0.291. The molecule has 0 aliphatic rings. The van der Waals surface area contributed by atoms with Crippen molar-refractivity contribution in [2.45, 2.75) is 6.42 Å². The van der Waals surface area contributed by atoms with Crippen molar-refractivity contribution >= 4 is 21.7 Å². The molecule has 2 heterocycles. The summed E-state index contributed by atoms with van der Waals surface area (Å²) in [5.41, 5.74) is 0.488. The van der Waals surface area contributed by atoms with Crippen LogP contribution < -0.4 is 0 Å². The highest BCUT2D eigenvalue weighted by molar-refractivity contribution is 9.10. The van der Waals surface area contributed by atoms with Gasteiger partial charge in [-0.05, 0) is 27.2 Å². The van der Waals surface area contributed by atoms with Gasteiger partial charge in [0.25, 0.3) is 0 Å². The molecular formula is C8H7BrN4O2. The van der Waals surface area contributed by atoms with Crippen molar-refractivity contribution in [3.8, 4) is 0 Å². The van der Waals surface area contributed by atoms with Gasteiger partial charge in [0.15, 0.2) is 16.3 Å². The third-order valence-electron chi connectivity index (χ3n) is 1.79. The Hall–Kier alpha value is -1.50. The lowest BCUT2D eigenvalue weighted by molar-refractivity contribution is 0.0989. The Balaban J connectivity index is 2.14. The monoisotopic (exact) mass is 270 g/mol. The highest BCUT2D eigenvalue weighted by Gasteiger charge is 2.15. The van der Waals surface area contributed by atoms with E-state index >= 15 is 0 Å². The molecule has 0 bridgehead atoms. The summed E-state index contributed by atoms with van der Waals surface area (Å²) < 4.78 is 5.39. The Morgan fingerprint density at radius 2 is 2.47 bits per heavy atom. The summed E-state index contributed by atoms with van der Waals surface area (Å²) in [6.45, 7) is 0. The van der Waals surface area contributed by atoms with Crippen LogP contribution >= 0.6 is 15.9 Å². The van der Waals surface area contributed by atoms with Gasteiger partial charge in [0.05, 0.1) is 25.3 Å². The highest BCUT2D eigenvalue weighted by atomic mass is 79.9. The predicted octanol–water partition coefficient (Wildman–Crippen LogP) is 0.991. The fourth-order valence-electron chi connectivity index (χ4n) is 1.13. The van der Waals surface area contributed by atoms with E-state index in [9.17, 15) is 4.79 Å². The molecule has 0 amide bonds. The van der Waals surface area contributed by atoms with Crippen molar-refractivity contribution in [2.75, 3.05) is 0 Å². The maximum Gasteiger partial charge on any atom is 0.182 e. The first-order valence-electron chi connectivity index (χ1n) is 4.16. The second kappa shape index (κ2) is 3.93. The minimum Gasteiger partial charge on any atom is -0.457 e. The lowest BCUT2D eigenvalue weighted by Crippen LogP contribution is -2.05. The van der Waals surface area contributed by atoms with Crippen LogP contribution in [0.25, 0.3) is 0 Å². The van der Waals surface area contributed by atoms with Gasteiger partial charge in [0, 0.05) is 0 Å². The van der Waals surface area contributed by atoms with E-state index in [0.717, 1.165) is 0 Å². The number of tetrazole rings is 1. The molecule has 15 heavy (non-hydrogen) atoms. The summed E-state index contributed by atoms with van der Waals surface area (Å²) in [5, 5.41) is 11.3. The fourth-order valence-corrected chi connectivity index (χ4v) is 1.59. The molecule has 0 spiro atoms. The standard InChI is InChI=1S/C8H7BrN4O2/c1-13-11-7(10-12-13)4-6(14)5-2-3-15-8(5)9/h2-3H,4H2,1H3. The number of ketones is 1. The van der Waals surface area contributed by atoms with Crippen molar-refractivity contribution in [1.82, 2.24) is 20.2 Å². The van der Waals surface area contributed by atoms with E-state index in [4.69, 9.17) is 4.42 Å². The smallest absolute Gasteiger partial charge is 0.182 e. The number of carbonyl (C=O) groups is 1. The van der Waals surface area contributed by atoms with Gasteiger partial charge in [-0.2, -0.15) is 4.80 Å². The molecule has 0 unspecified atom stereocenters. The maximum absolute atomic E-state index is 11.7. The summed E-state index contributed by atoms with van der Waals surface area (Å²) in [7, 11) is 1.65. The zero-order valence-corrected chi connectivity index (χ0v) is 9.43. The van der Waals surface area contributed by atoms with Gasteiger partial charge in [0.1, 0.15) is 0 Å². The third kappa shape index (κ3) is 2.12. The molecule has 0 aromatic carbocycles. The number of aryl methyl sites for hydroxylation is 1. The number of aromatic nitrogens is 4. The Bertz CT molecular complexity index is 490. The van der Waals surface area contributed by atoms with Crippen LogP contribution in [0.15, 0.2) is 21.4 Å². The average molecular weight is 271 g/mol. The summed E-state index contributed by atoms with van der Waals surface area (Å²) in [4.78, 5) is 13.0. The van der Waals surface area contributed by atoms with Crippen molar-refractivity contribution in [3.63, 3.8) is 0 Å². The highest BCUT2D eigenvalue weighted by Crippen LogP contribution is 2.18. The number of hydrogen-bond donors (Lipinski definition) is 0. The number of furan rings is 1. The number of Topliss-reactive ketones (excluding diaryl/α,β-unsaturated/α-hetero) is 1. The van der Waals surface area contributed by atoms with E-state index in [2.05, 4.69) is 31.3 Å². The van der Waals surface area contributed by atoms with Crippen LogP contribution in [-0.2, 0) is 13.5 Å². The molecule has 0 aliphatic heterocycles. The summed E-state index contributed by atoms with van der Waals surface area (Å²) >= 11 is 3.14. The minimum atomic E-state index is -0.108. The van der Waals surface area contributed by atoms with Gasteiger partial charge >= 0.3 is 0 Å². The van der Waals surface area contributed by atoms with Gasteiger partial charge in [-0.25, -0.2) is 0 Å². The van der Waals surface area contributed by atoms with E-state index < -0.39 is 0 Å². The Morgan fingerprint density at radius 1 is 1.67 bits per heavy atom. The van der Waals surface area contributed by atoms with Gasteiger partial charge in [0.2, 0.25) is 0 Å². The van der Waals surface area contributed by atoms with Gasteiger partial charge < -0.3 is 4.42 Å². The van der Waals surface area contributed by atoms with E-state index in [0.29, 0.717) is 16.1 Å². The number of carbonyl (C=O) groups excluding carboxylic acids is 1. The van der Waals surface area contributed by atoms with Gasteiger partial charge in [-0.1, -0.05) is 0 Å². The van der Waals surface area contributed by atoms with E-state index in [-0.39, 0.29) is 12.2 Å². The first kappa shape index (κ1) is 10.0. The quantitative estimate of drug-likeness (QED) is 0.778. The number of halogens is 1. The molecule has 78 valence electrons. The van der Waals surface area contributed by atoms with E-state index in [1.807, 2.05) is 0 Å². The molecule has 0 saturated carbocycles. The number of rotatable bonds is 3. The molecule has 0 radical (unpaired) electrons. The van der Waals surface area contributed by atoms with E-state index in [1.165, 1.54) is 11.1 Å². The molecular weight excluding hydrogens is 264 g/mol. The summed E-state index contributed by atoms with van der Waals surface area (Å²) in [6, 6.07) is 1.60. The molecule has 0 fully saturated rings. The lowest BCUT2D eigenvalue weighted by Gasteiger charge is -1.93. The zero-order valence-electron chi connectivity index (χ0n) is 7.85. The number of hydrogen-bond acceptors (Lipinski definition) is 5. The van der Waals surface area contributed by atoms with Crippen molar-refractivity contribution in [3.05, 3.63) is 28.4 Å². The molecule has 2 aromatic heterocycles. The van der Waals surface area contributed by atoms with Crippen LogP contribution in [0.3, 0.4) is 0 Å². The predicted molar refractivity (Wildman–Crippen MR) is 53.2 cm³/mol. The largest absolute Gasteiger partial charge is 0.457 e. The normalized spacial score (nSPS) is 10.5. The van der Waals surface area contributed by atoms with Crippen LogP contribution in [0.4, 0.5) is 0 Å². The van der Waals surface area contributed by atoms with Gasteiger partial charge in [-0.3, -0.25) is 4.79 Å². The van der Waals surface area contributed by atoms with Crippen molar-refractivity contribution in [1.29, 1.82) is 0 Å².